The summed E-state index contributed by atoms with van der Waals surface area (Å²) >= 11 is 11.8. The molecule has 0 spiro atoms. The van der Waals surface area contributed by atoms with Gasteiger partial charge in [-0.2, -0.15) is 0 Å². The lowest BCUT2D eigenvalue weighted by Gasteiger charge is -2.08. The molecule has 1 aliphatic rings. The van der Waals surface area contributed by atoms with Crippen LogP contribution in [0.25, 0.3) is 0 Å². The highest BCUT2D eigenvalue weighted by Crippen LogP contribution is 2.26. The van der Waals surface area contributed by atoms with Crippen molar-refractivity contribution in [1.29, 1.82) is 0 Å². The number of amides is 1. The molecule has 1 saturated carbocycles. The van der Waals surface area contributed by atoms with E-state index in [0.29, 0.717) is 27.5 Å². The largest absolute Gasteiger partial charge is 0.382 e. The van der Waals surface area contributed by atoms with E-state index < -0.39 is 0 Å². The Balaban J connectivity index is 1.73. The number of hydrogen-bond donors (Lipinski definition) is 2. The minimum atomic E-state index is -0.284. The Morgan fingerprint density at radius 2 is 1.90 bits per heavy atom. The van der Waals surface area contributed by atoms with Gasteiger partial charge in [-0.05, 0) is 43.2 Å². The van der Waals surface area contributed by atoms with Gasteiger partial charge >= 0.3 is 0 Å². The van der Waals surface area contributed by atoms with E-state index in [9.17, 15) is 4.79 Å². The number of nitrogens with one attached hydrogen (secondary N) is 2. The first-order valence-electron chi connectivity index (χ1n) is 6.61. The summed E-state index contributed by atoms with van der Waals surface area (Å²) in [6, 6.07) is 9.06. The predicted octanol–water partition coefficient (Wildman–Crippen LogP) is 4.22. The molecule has 1 fully saturated rings. The van der Waals surface area contributed by atoms with Gasteiger partial charge in [0.05, 0.1) is 10.0 Å². The minimum absolute atomic E-state index is 0.284. The summed E-state index contributed by atoms with van der Waals surface area (Å²) in [7, 11) is 0. The van der Waals surface area contributed by atoms with Crippen LogP contribution in [0.1, 0.15) is 23.3 Å². The van der Waals surface area contributed by atoms with E-state index in [0.717, 1.165) is 5.69 Å². The first-order valence-corrected chi connectivity index (χ1v) is 7.36. The van der Waals surface area contributed by atoms with Crippen molar-refractivity contribution < 1.29 is 4.79 Å². The van der Waals surface area contributed by atoms with Crippen LogP contribution in [-0.2, 0) is 0 Å². The molecule has 6 heteroatoms. The summed E-state index contributed by atoms with van der Waals surface area (Å²) in [4.78, 5) is 16.3. The third-order valence-electron chi connectivity index (χ3n) is 3.12. The normalized spacial score (nSPS) is 13.8. The van der Waals surface area contributed by atoms with E-state index >= 15 is 0 Å². The van der Waals surface area contributed by atoms with Gasteiger partial charge in [0, 0.05) is 23.6 Å². The first-order chi connectivity index (χ1) is 10.1. The topological polar surface area (TPSA) is 54.0 Å². The zero-order chi connectivity index (χ0) is 14.8. The molecule has 2 aromatic rings. The van der Waals surface area contributed by atoms with Gasteiger partial charge < -0.3 is 10.6 Å². The van der Waals surface area contributed by atoms with Crippen molar-refractivity contribution in [1.82, 2.24) is 4.98 Å². The van der Waals surface area contributed by atoms with E-state index in [2.05, 4.69) is 15.6 Å². The minimum Gasteiger partial charge on any atom is -0.382 e. The number of hydrogen-bond acceptors (Lipinski definition) is 3. The quantitative estimate of drug-likeness (QED) is 0.886. The molecule has 1 aliphatic carbocycles. The maximum Gasteiger partial charge on any atom is 0.274 e. The van der Waals surface area contributed by atoms with Gasteiger partial charge in [-0.3, -0.25) is 9.78 Å². The van der Waals surface area contributed by atoms with Gasteiger partial charge in [-0.25, -0.2) is 0 Å². The summed E-state index contributed by atoms with van der Waals surface area (Å²) < 4.78 is 0. The molecule has 3 rings (SSSR count). The number of anilines is 2. The van der Waals surface area contributed by atoms with Gasteiger partial charge in [0.25, 0.3) is 5.91 Å². The molecule has 1 amide bonds. The van der Waals surface area contributed by atoms with Crippen LogP contribution < -0.4 is 10.6 Å². The SMILES string of the molecule is O=C(Nc1ccc(Cl)c(Cl)c1)c1cc(NC2CC2)ccn1. The molecule has 108 valence electrons. The lowest BCUT2D eigenvalue weighted by Crippen LogP contribution is -2.14. The smallest absolute Gasteiger partial charge is 0.274 e. The molecule has 4 nitrogen and oxygen atoms in total. The molecule has 1 heterocycles. The van der Waals surface area contributed by atoms with Crippen molar-refractivity contribution in [2.45, 2.75) is 18.9 Å². The van der Waals surface area contributed by atoms with Crippen LogP contribution in [0.2, 0.25) is 10.0 Å². The molecular weight excluding hydrogens is 309 g/mol. The van der Waals surface area contributed by atoms with E-state index in [4.69, 9.17) is 23.2 Å². The highest BCUT2D eigenvalue weighted by molar-refractivity contribution is 6.42. The second kappa shape index (κ2) is 5.92. The van der Waals surface area contributed by atoms with Crippen LogP contribution in [0.15, 0.2) is 36.5 Å². The highest BCUT2D eigenvalue weighted by Gasteiger charge is 2.21. The summed E-state index contributed by atoms with van der Waals surface area (Å²) in [5, 5.41) is 6.93. The highest BCUT2D eigenvalue weighted by atomic mass is 35.5. The molecule has 1 aromatic heterocycles. The lowest BCUT2D eigenvalue weighted by molar-refractivity contribution is 0.102. The molecule has 2 N–H and O–H groups in total. The molecule has 0 aliphatic heterocycles. The van der Waals surface area contributed by atoms with Crippen molar-refractivity contribution in [2.75, 3.05) is 10.6 Å². The van der Waals surface area contributed by atoms with Crippen molar-refractivity contribution >= 4 is 40.5 Å². The van der Waals surface area contributed by atoms with Crippen LogP contribution in [-0.4, -0.2) is 16.9 Å². The maximum atomic E-state index is 12.2. The third kappa shape index (κ3) is 3.65. The monoisotopic (exact) mass is 321 g/mol. The Morgan fingerprint density at radius 1 is 1.10 bits per heavy atom. The molecule has 1 aromatic carbocycles. The average Bonchev–Trinajstić information content (AvgIpc) is 3.27. The van der Waals surface area contributed by atoms with Crippen LogP contribution in [0.3, 0.4) is 0 Å². The van der Waals surface area contributed by atoms with Crippen molar-refractivity contribution in [3.05, 3.63) is 52.3 Å². The number of pyridine rings is 1. The maximum absolute atomic E-state index is 12.2. The van der Waals surface area contributed by atoms with E-state index in [-0.39, 0.29) is 5.91 Å². The molecule has 0 radical (unpaired) electrons. The molecule has 0 atom stereocenters. The van der Waals surface area contributed by atoms with Gasteiger partial charge in [-0.15, -0.1) is 0 Å². The Hall–Kier alpha value is -1.78. The van der Waals surface area contributed by atoms with Crippen LogP contribution >= 0.6 is 23.2 Å². The number of nitrogens with zero attached hydrogens (tertiary/aromatic N) is 1. The van der Waals surface area contributed by atoms with Gasteiger partial charge in [0.15, 0.2) is 0 Å². The van der Waals surface area contributed by atoms with Crippen molar-refractivity contribution in [2.24, 2.45) is 0 Å². The van der Waals surface area contributed by atoms with E-state index in [1.54, 1.807) is 30.5 Å². The number of benzene rings is 1. The van der Waals surface area contributed by atoms with Gasteiger partial charge in [-0.1, -0.05) is 23.2 Å². The summed E-state index contributed by atoms with van der Waals surface area (Å²) in [6.07, 6.45) is 3.97. The van der Waals surface area contributed by atoms with Gasteiger partial charge in [0.2, 0.25) is 0 Å². The van der Waals surface area contributed by atoms with Crippen molar-refractivity contribution in [3.8, 4) is 0 Å². The second-order valence-electron chi connectivity index (χ2n) is 4.93. The second-order valence-corrected chi connectivity index (χ2v) is 5.75. The number of rotatable bonds is 4. The summed E-state index contributed by atoms with van der Waals surface area (Å²) in [5.74, 6) is -0.284. The molecule has 0 unspecified atom stereocenters. The number of aromatic nitrogens is 1. The predicted molar refractivity (Wildman–Crippen MR) is 85.3 cm³/mol. The molecule has 21 heavy (non-hydrogen) atoms. The standard InChI is InChI=1S/C15H13Cl2N3O/c16-12-4-3-10(7-13(12)17)20-15(21)14-8-11(5-6-18-14)19-9-1-2-9/h3-9H,1-2H2,(H,18,19)(H,20,21). The Kier molecular flexibility index (Phi) is 3.99. The van der Waals surface area contributed by atoms with Crippen molar-refractivity contribution in [3.63, 3.8) is 0 Å². The fourth-order valence-electron chi connectivity index (χ4n) is 1.88. The number of halogens is 2. The molecular formula is C15H13Cl2N3O. The number of carbonyl (C=O) groups excluding carboxylic acids is 1. The molecule has 0 saturated heterocycles. The summed E-state index contributed by atoms with van der Waals surface area (Å²) in [6.45, 7) is 0. The lowest BCUT2D eigenvalue weighted by atomic mass is 10.2. The van der Waals surface area contributed by atoms with E-state index in [1.807, 2.05) is 6.07 Å². The molecule has 0 bridgehead atoms. The fraction of sp³-hybridized carbons (Fsp3) is 0.200. The zero-order valence-corrected chi connectivity index (χ0v) is 12.6. The first kappa shape index (κ1) is 14.2. The Labute approximate surface area is 132 Å². The van der Waals surface area contributed by atoms with Crippen LogP contribution in [0.4, 0.5) is 11.4 Å². The van der Waals surface area contributed by atoms with Crippen LogP contribution in [0, 0.1) is 0 Å². The van der Waals surface area contributed by atoms with Crippen LogP contribution in [0.5, 0.6) is 0 Å². The Bertz CT molecular complexity index is 686. The average molecular weight is 322 g/mol. The number of carbonyl (C=O) groups is 1. The Morgan fingerprint density at radius 3 is 2.62 bits per heavy atom. The zero-order valence-electron chi connectivity index (χ0n) is 11.1. The van der Waals surface area contributed by atoms with E-state index in [1.165, 1.54) is 12.8 Å². The van der Waals surface area contributed by atoms with Gasteiger partial charge in [0.1, 0.15) is 5.69 Å². The summed E-state index contributed by atoms with van der Waals surface area (Å²) in [5.41, 5.74) is 1.84. The third-order valence-corrected chi connectivity index (χ3v) is 3.86. The fourth-order valence-corrected chi connectivity index (χ4v) is 2.17.